The molecule has 1 rings (SSSR count). The van der Waals surface area contributed by atoms with Crippen LogP contribution in [0.15, 0.2) is 18.2 Å². The van der Waals surface area contributed by atoms with E-state index in [1.54, 1.807) is 0 Å². The Morgan fingerprint density at radius 3 is 2.67 bits per heavy atom. The number of rotatable bonds is 6. The summed E-state index contributed by atoms with van der Waals surface area (Å²) in [6.45, 7) is 1.83. The SMILES string of the molecule is CCCCS(=O)(=O)Nc1cc(F)ccc1C(=O)O. The summed E-state index contributed by atoms with van der Waals surface area (Å²) in [6.07, 6.45) is 1.14. The molecule has 0 spiro atoms. The van der Waals surface area contributed by atoms with Crippen molar-refractivity contribution in [3.8, 4) is 0 Å². The van der Waals surface area contributed by atoms with E-state index in [0.717, 1.165) is 18.2 Å². The highest BCUT2D eigenvalue weighted by atomic mass is 32.2. The number of unbranched alkanes of at least 4 members (excludes halogenated alkanes) is 1. The van der Waals surface area contributed by atoms with E-state index in [2.05, 4.69) is 4.72 Å². The summed E-state index contributed by atoms with van der Waals surface area (Å²) in [4.78, 5) is 10.9. The molecule has 0 radical (unpaired) electrons. The van der Waals surface area contributed by atoms with Crippen LogP contribution < -0.4 is 4.72 Å². The van der Waals surface area contributed by atoms with Gasteiger partial charge in [0.25, 0.3) is 0 Å². The lowest BCUT2D eigenvalue weighted by molar-refractivity contribution is 0.0698. The number of carbonyl (C=O) groups is 1. The van der Waals surface area contributed by atoms with Crippen molar-refractivity contribution in [3.05, 3.63) is 29.6 Å². The smallest absolute Gasteiger partial charge is 0.337 e. The van der Waals surface area contributed by atoms with Gasteiger partial charge < -0.3 is 5.11 Å². The fraction of sp³-hybridized carbons (Fsp3) is 0.364. The summed E-state index contributed by atoms with van der Waals surface area (Å²) in [5.74, 6) is -2.14. The predicted octanol–water partition coefficient (Wildman–Crippen LogP) is 2.07. The van der Waals surface area contributed by atoms with Gasteiger partial charge in [-0.2, -0.15) is 0 Å². The molecule has 5 nitrogen and oxygen atoms in total. The monoisotopic (exact) mass is 275 g/mol. The van der Waals surface area contributed by atoms with Crippen molar-refractivity contribution in [2.75, 3.05) is 10.5 Å². The van der Waals surface area contributed by atoms with Crippen LogP contribution in [0.25, 0.3) is 0 Å². The van der Waals surface area contributed by atoms with Gasteiger partial charge in [0, 0.05) is 0 Å². The number of carboxylic acid groups (broad SMARTS) is 1. The standard InChI is InChI=1S/C11H14FNO4S/c1-2-3-6-18(16,17)13-10-7-8(12)4-5-9(10)11(14)15/h4-5,7,13H,2-3,6H2,1H3,(H,14,15). The highest BCUT2D eigenvalue weighted by Gasteiger charge is 2.16. The number of halogens is 1. The van der Waals surface area contributed by atoms with Gasteiger partial charge in [-0.1, -0.05) is 13.3 Å². The Labute approximate surface area is 105 Å². The number of aromatic carboxylic acids is 1. The quantitative estimate of drug-likeness (QED) is 0.832. The van der Waals surface area contributed by atoms with E-state index in [-0.39, 0.29) is 17.0 Å². The highest BCUT2D eigenvalue weighted by Crippen LogP contribution is 2.19. The van der Waals surface area contributed by atoms with Crippen LogP contribution in [-0.2, 0) is 10.0 Å². The van der Waals surface area contributed by atoms with Gasteiger partial charge >= 0.3 is 5.97 Å². The molecule has 0 unspecified atom stereocenters. The van der Waals surface area contributed by atoms with Crippen LogP contribution in [0.1, 0.15) is 30.1 Å². The zero-order valence-electron chi connectivity index (χ0n) is 9.81. The number of benzene rings is 1. The molecule has 0 aliphatic heterocycles. The van der Waals surface area contributed by atoms with Gasteiger partial charge in [0.2, 0.25) is 10.0 Å². The summed E-state index contributed by atoms with van der Waals surface area (Å²) < 4.78 is 38.3. The molecule has 0 fully saturated rings. The molecule has 0 atom stereocenters. The van der Waals surface area contributed by atoms with E-state index >= 15 is 0 Å². The van der Waals surface area contributed by atoms with Crippen molar-refractivity contribution in [2.24, 2.45) is 0 Å². The maximum atomic E-state index is 13.0. The minimum Gasteiger partial charge on any atom is -0.478 e. The summed E-state index contributed by atoms with van der Waals surface area (Å²) >= 11 is 0. The molecule has 18 heavy (non-hydrogen) atoms. The molecule has 0 saturated carbocycles. The number of hydrogen-bond donors (Lipinski definition) is 2. The zero-order valence-corrected chi connectivity index (χ0v) is 10.6. The zero-order chi connectivity index (χ0) is 13.8. The molecule has 0 aliphatic carbocycles. The predicted molar refractivity (Wildman–Crippen MR) is 65.7 cm³/mol. The number of nitrogens with one attached hydrogen (secondary N) is 1. The molecule has 0 heterocycles. The molecule has 1 aromatic carbocycles. The third-order valence-electron chi connectivity index (χ3n) is 2.24. The topological polar surface area (TPSA) is 83.5 Å². The first-order valence-corrected chi connectivity index (χ1v) is 7.04. The van der Waals surface area contributed by atoms with Crippen LogP contribution >= 0.6 is 0 Å². The fourth-order valence-corrected chi connectivity index (χ4v) is 2.62. The molecule has 0 bridgehead atoms. The van der Waals surface area contributed by atoms with E-state index < -0.39 is 21.8 Å². The molecule has 0 saturated heterocycles. The van der Waals surface area contributed by atoms with Crippen molar-refractivity contribution < 1.29 is 22.7 Å². The van der Waals surface area contributed by atoms with Gasteiger partial charge in [0.1, 0.15) is 5.82 Å². The molecule has 0 aromatic heterocycles. The summed E-state index contributed by atoms with van der Waals surface area (Å²) in [7, 11) is -3.65. The average molecular weight is 275 g/mol. The Morgan fingerprint density at radius 2 is 2.11 bits per heavy atom. The van der Waals surface area contributed by atoms with E-state index in [4.69, 9.17) is 5.11 Å². The summed E-state index contributed by atoms with van der Waals surface area (Å²) in [5, 5.41) is 8.87. The third kappa shape index (κ3) is 3.99. The van der Waals surface area contributed by atoms with Gasteiger partial charge in [-0.25, -0.2) is 17.6 Å². The van der Waals surface area contributed by atoms with E-state index in [1.165, 1.54) is 0 Å². The van der Waals surface area contributed by atoms with Crippen molar-refractivity contribution >= 4 is 21.7 Å². The molecule has 100 valence electrons. The Morgan fingerprint density at radius 1 is 1.44 bits per heavy atom. The fourth-order valence-electron chi connectivity index (χ4n) is 1.34. The van der Waals surface area contributed by atoms with Crippen LogP contribution in [0.4, 0.5) is 10.1 Å². The van der Waals surface area contributed by atoms with Gasteiger partial charge in [0.05, 0.1) is 17.0 Å². The maximum Gasteiger partial charge on any atom is 0.337 e. The van der Waals surface area contributed by atoms with Gasteiger partial charge in [-0.05, 0) is 24.6 Å². The Kier molecular flexibility index (Phi) is 4.66. The Hall–Kier alpha value is -1.63. The lowest BCUT2D eigenvalue weighted by Gasteiger charge is -2.10. The second kappa shape index (κ2) is 5.81. The van der Waals surface area contributed by atoms with Crippen molar-refractivity contribution in [3.63, 3.8) is 0 Å². The van der Waals surface area contributed by atoms with E-state index in [9.17, 15) is 17.6 Å². The van der Waals surface area contributed by atoms with Crippen molar-refractivity contribution in [1.82, 2.24) is 0 Å². The minimum absolute atomic E-state index is 0.126. The average Bonchev–Trinajstić information content (AvgIpc) is 2.25. The molecule has 7 heteroatoms. The first-order chi connectivity index (χ1) is 8.35. The minimum atomic E-state index is -3.65. The largest absolute Gasteiger partial charge is 0.478 e. The lowest BCUT2D eigenvalue weighted by atomic mass is 10.2. The summed E-state index contributed by atoms with van der Waals surface area (Å²) in [5.41, 5.74) is -0.532. The first kappa shape index (κ1) is 14.4. The third-order valence-corrected chi connectivity index (χ3v) is 3.60. The van der Waals surface area contributed by atoms with E-state index in [1.807, 2.05) is 6.92 Å². The molecule has 1 aromatic rings. The molecule has 2 N–H and O–H groups in total. The Balaban J connectivity index is 3.02. The molecular weight excluding hydrogens is 261 g/mol. The van der Waals surface area contributed by atoms with Crippen molar-refractivity contribution in [2.45, 2.75) is 19.8 Å². The van der Waals surface area contributed by atoms with Crippen molar-refractivity contribution in [1.29, 1.82) is 0 Å². The second-order valence-electron chi connectivity index (χ2n) is 3.77. The van der Waals surface area contributed by atoms with E-state index in [0.29, 0.717) is 12.8 Å². The molecule has 0 amide bonds. The van der Waals surface area contributed by atoms with Crippen LogP contribution in [0, 0.1) is 5.82 Å². The maximum absolute atomic E-state index is 13.0. The summed E-state index contributed by atoms with van der Waals surface area (Å²) in [6, 6.07) is 2.84. The number of hydrogen-bond acceptors (Lipinski definition) is 3. The number of sulfonamides is 1. The van der Waals surface area contributed by atoms with Crippen LogP contribution in [-0.4, -0.2) is 25.2 Å². The Bertz CT molecular complexity index is 542. The van der Waals surface area contributed by atoms with Gasteiger partial charge in [0.15, 0.2) is 0 Å². The normalized spacial score (nSPS) is 11.2. The number of carboxylic acids is 1. The van der Waals surface area contributed by atoms with Crippen LogP contribution in [0.2, 0.25) is 0 Å². The number of anilines is 1. The van der Waals surface area contributed by atoms with Gasteiger partial charge in [-0.15, -0.1) is 0 Å². The molecule has 0 aliphatic rings. The highest BCUT2D eigenvalue weighted by molar-refractivity contribution is 7.92. The van der Waals surface area contributed by atoms with Crippen LogP contribution in [0.5, 0.6) is 0 Å². The molecular formula is C11H14FNO4S. The van der Waals surface area contributed by atoms with Crippen LogP contribution in [0.3, 0.4) is 0 Å². The second-order valence-corrected chi connectivity index (χ2v) is 5.61. The first-order valence-electron chi connectivity index (χ1n) is 5.39. The lowest BCUT2D eigenvalue weighted by Crippen LogP contribution is -2.18. The van der Waals surface area contributed by atoms with Gasteiger partial charge in [-0.3, -0.25) is 4.72 Å².